The van der Waals surface area contributed by atoms with Crippen LogP contribution in [0, 0.1) is 0 Å². The molecule has 0 atom stereocenters. The molecule has 0 aliphatic carbocycles. The summed E-state index contributed by atoms with van der Waals surface area (Å²) in [6.07, 6.45) is 2.62. The second kappa shape index (κ2) is 12.3. The highest BCUT2D eigenvalue weighted by atomic mass is 16.5. The first-order valence-corrected chi connectivity index (χ1v) is 9.53. The average Bonchev–Trinajstić information content (AvgIpc) is 2.69. The number of dihydropyridines is 1. The molecule has 0 bridgehead atoms. The molecule has 1 aliphatic heterocycles. The van der Waals surface area contributed by atoms with Crippen molar-refractivity contribution in [3.8, 4) is 0 Å². The van der Waals surface area contributed by atoms with Crippen LogP contribution < -0.4 is 5.32 Å². The largest absolute Gasteiger partial charge is 0.463 e. The molecule has 1 aromatic rings. The maximum Gasteiger partial charge on any atom is 0.336 e. The molecule has 0 fully saturated rings. The molecule has 0 radical (unpaired) electrons. The topological polar surface area (TPSA) is 81.7 Å². The number of nitrogens with one attached hydrogen (secondary N) is 1. The zero-order valence-corrected chi connectivity index (χ0v) is 17.7. The lowest BCUT2D eigenvalue weighted by Crippen LogP contribution is -2.26. The Morgan fingerprint density at radius 1 is 0.966 bits per heavy atom. The summed E-state index contributed by atoms with van der Waals surface area (Å²) in [7, 11) is 0. The van der Waals surface area contributed by atoms with Crippen LogP contribution in [0.15, 0.2) is 58.9 Å². The van der Waals surface area contributed by atoms with Gasteiger partial charge < -0.3 is 14.8 Å². The van der Waals surface area contributed by atoms with Gasteiger partial charge in [-0.15, -0.1) is 0 Å². The molecule has 6 nitrogen and oxygen atoms in total. The lowest BCUT2D eigenvalue weighted by molar-refractivity contribution is -0.139. The highest BCUT2D eigenvalue weighted by molar-refractivity contribution is 5.96. The number of carbonyl (C=O) groups is 3. The third kappa shape index (κ3) is 7.41. The average molecular weight is 399 g/mol. The molecule has 1 N–H and O–H groups in total. The highest BCUT2D eigenvalue weighted by Crippen LogP contribution is 2.24. The predicted octanol–water partition coefficient (Wildman–Crippen LogP) is 3.94. The molecule has 0 spiro atoms. The fourth-order valence-corrected chi connectivity index (χ4v) is 2.66. The highest BCUT2D eigenvalue weighted by Gasteiger charge is 2.26. The second-order valence-corrected chi connectivity index (χ2v) is 6.30. The molecule has 29 heavy (non-hydrogen) atoms. The van der Waals surface area contributed by atoms with Crippen LogP contribution in [0.25, 0.3) is 5.57 Å². The molecule has 0 unspecified atom stereocenters. The molecule has 0 aromatic heterocycles. The van der Waals surface area contributed by atoms with E-state index in [1.54, 1.807) is 33.8 Å². The molecule has 0 saturated carbocycles. The van der Waals surface area contributed by atoms with Crippen molar-refractivity contribution in [2.75, 3.05) is 13.2 Å². The van der Waals surface area contributed by atoms with Crippen LogP contribution in [0.5, 0.6) is 0 Å². The Hall–Kier alpha value is -3.15. The maximum absolute atomic E-state index is 11.7. The Morgan fingerprint density at radius 3 is 1.86 bits per heavy atom. The summed E-state index contributed by atoms with van der Waals surface area (Å²) in [6, 6.07) is 9.83. The van der Waals surface area contributed by atoms with Gasteiger partial charge in [0.25, 0.3) is 0 Å². The van der Waals surface area contributed by atoms with Crippen molar-refractivity contribution < 1.29 is 23.9 Å². The summed E-state index contributed by atoms with van der Waals surface area (Å²) in [5.74, 6) is -0.784. The lowest BCUT2D eigenvalue weighted by atomic mass is 9.98. The second-order valence-electron chi connectivity index (χ2n) is 6.30. The van der Waals surface area contributed by atoms with Gasteiger partial charge in [-0.3, -0.25) is 4.79 Å². The van der Waals surface area contributed by atoms with Crippen molar-refractivity contribution in [3.05, 3.63) is 64.5 Å². The molecule has 1 aliphatic rings. The van der Waals surface area contributed by atoms with Crippen LogP contribution in [0.3, 0.4) is 0 Å². The minimum Gasteiger partial charge on any atom is -0.463 e. The van der Waals surface area contributed by atoms with Gasteiger partial charge in [0.1, 0.15) is 6.29 Å². The van der Waals surface area contributed by atoms with Gasteiger partial charge in [0.05, 0.1) is 24.4 Å². The summed E-state index contributed by atoms with van der Waals surface area (Å²) >= 11 is 0. The van der Waals surface area contributed by atoms with E-state index in [-0.39, 0.29) is 6.42 Å². The molecule has 0 saturated heterocycles. The SMILES string of the molecule is C/C(=C\C=O)c1ccccc1.CCOC(=O)C1=C(C)NC(C)=C(C(=O)OCC)C1. The van der Waals surface area contributed by atoms with E-state index >= 15 is 0 Å². The molecule has 1 heterocycles. The number of hydrogen-bond donors (Lipinski definition) is 1. The molecule has 2 rings (SSSR count). The van der Waals surface area contributed by atoms with E-state index in [9.17, 15) is 14.4 Å². The van der Waals surface area contributed by atoms with Crippen LogP contribution in [-0.2, 0) is 23.9 Å². The Morgan fingerprint density at radius 2 is 1.45 bits per heavy atom. The van der Waals surface area contributed by atoms with Crippen molar-refractivity contribution in [3.63, 3.8) is 0 Å². The van der Waals surface area contributed by atoms with Crippen LogP contribution in [-0.4, -0.2) is 31.4 Å². The number of carbonyl (C=O) groups excluding carboxylic acids is 3. The van der Waals surface area contributed by atoms with E-state index in [1.165, 1.54) is 0 Å². The molecular weight excluding hydrogens is 370 g/mol. The molecule has 6 heteroatoms. The van der Waals surface area contributed by atoms with Crippen LogP contribution in [0.1, 0.15) is 46.6 Å². The quantitative estimate of drug-likeness (QED) is 0.443. The van der Waals surface area contributed by atoms with Gasteiger partial charge in [0, 0.05) is 17.8 Å². The van der Waals surface area contributed by atoms with Gasteiger partial charge in [-0.2, -0.15) is 0 Å². The van der Waals surface area contributed by atoms with Crippen LogP contribution >= 0.6 is 0 Å². The van der Waals surface area contributed by atoms with Crippen molar-refractivity contribution in [1.29, 1.82) is 0 Å². The number of esters is 2. The number of rotatable bonds is 6. The number of hydrogen-bond acceptors (Lipinski definition) is 6. The molecular formula is C23H29NO5. The summed E-state index contributed by atoms with van der Waals surface area (Å²) in [5.41, 5.74) is 4.49. The van der Waals surface area contributed by atoms with E-state index in [4.69, 9.17) is 9.47 Å². The molecule has 156 valence electrons. The minimum absolute atomic E-state index is 0.252. The van der Waals surface area contributed by atoms with Gasteiger partial charge in [0.15, 0.2) is 0 Å². The number of benzene rings is 1. The maximum atomic E-state index is 11.7. The standard InChI is InChI=1S/C13H19NO4.C10H10O/c1-5-17-12(15)10-7-11(13(16)18-6-2)9(4)14-8(10)3;1-9(7-8-11)10-5-3-2-4-6-10/h14H,5-7H2,1-4H3;2-8H,1H3/b;9-7+. The summed E-state index contributed by atoms with van der Waals surface area (Å²) < 4.78 is 9.93. The summed E-state index contributed by atoms with van der Waals surface area (Å²) in [4.78, 5) is 33.6. The van der Waals surface area contributed by atoms with E-state index in [0.29, 0.717) is 24.4 Å². The first-order valence-electron chi connectivity index (χ1n) is 9.53. The lowest BCUT2D eigenvalue weighted by Gasteiger charge is -2.22. The first-order chi connectivity index (χ1) is 13.8. The van der Waals surface area contributed by atoms with Gasteiger partial charge in [-0.05, 0) is 51.8 Å². The normalized spacial score (nSPS) is 13.8. The van der Waals surface area contributed by atoms with Crippen molar-refractivity contribution in [2.24, 2.45) is 0 Å². The third-order valence-corrected chi connectivity index (χ3v) is 4.22. The van der Waals surface area contributed by atoms with Crippen molar-refractivity contribution in [1.82, 2.24) is 5.32 Å². The van der Waals surface area contributed by atoms with Gasteiger partial charge in [-0.1, -0.05) is 30.3 Å². The summed E-state index contributed by atoms with van der Waals surface area (Å²) in [6.45, 7) is 9.62. The van der Waals surface area contributed by atoms with E-state index in [2.05, 4.69) is 5.32 Å². The predicted molar refractivity (Wildman–Crippen MR) is 113 cm³/mol. The zero-order valence-electron chi connectivity index (χ0n) is 17.7. The molecule has 1 aromatic carbocycles. The smallest absolute Gasteiger partial charge is 0.336 e. The minimum atomic E-state index is -0.392. The van der Waals surface area contributed by atoms with Crippen LogP contribution in [0.4, 0.5) is 0 Å². The fraction of sp³-hybridized carbons (Fsp3) is 0.348. The van der Waals surface area contributed by atoms with E-state index in [0.717, 1.165) is 28.8 Å². The summed E-state index contributed by atoms with van der Waals surface area (Å²) in [5, 5.41) is 3.02. The Labute approximate surface area is 172 Å². The first kappa shape index (κ1) is 23.9. The Balaban J connectivity index is 0.000000326. The van der Waals surface area contributed by atoms with Gasteiger partial charge >= 0.3 is 11.9 Å². The van der Waals surface area contributed by atoms with Gasteiger partial charge in [0.2, 0.25) is 0 Å². The number of aldehydes is 1. The zero-order chi connectivity index (χ0) is 21.8. The Bertz CT molecular complexity index is 781. The van der Waals surface area contributed by atoms with Crippen molar-refractivity contribution in [2.45, 2.75) is 41.0 Å². The Kier molecular flexibility index (Phi) is 10.2. The number of ether oxygens (including phenoxy) is 2. The monoisotopic (exact) mass is 399 g/mol. The fourth-order valence-electron chi connectivity index (χ4n) is 2.66. The molecule has 0 amide bonds. The van der Waals surface area contributed by atoms with E-state index < -0.39 is 11.9 Å². The number of allylic oxidation sites excluding steroid dienone is 4. The van der Waals surface area contributed by atoms with E-state index in [1.807, 2.05) is 37.3 Å². The van der Waals surface area contributed by atoms with Gasteiger partial charge in [-0.25, -0.2) is 9.59 Å². The van der Waals surface area contributed by atoms with Crippen LogP contribution in [0.2, 0.25) is 0 Å². The van der Waals surface area contributed by atoms with Crippen molar-refractivity contribution >= 4 is 23.8 Å². The third-order valence-electron chi connectivity index (χ3n) is 4.22.